The standard InChI is InChI=1S/C2H6O.2C2H6.CH3F/c1-3-2;3*1-2/h1-2H3;2*1-2H3;1H3. The Morgan fingerprint density at radius 1 is 0.778 bits per heavy atom. The molecule has 0 bridgehead atoms. The number of halogens is 1. The zero-order chi connectivity index (χ0) is 8.71. The number of hydrogen-bond acceptors (Lipinski definition) is 1. The summed E-state index contributed by atoms with van der Waals surface area (Å²) >= 11 is 0. The van der Waals surface area contributed by atoms with Gasteiger partial charge in [0.15, 0.2) is 0 Å². The highest BCUT2D eigenvalue weighted by Gasteiger charge is 1.25. The van der Waals surface area contributed by atoms with Gasteiger partial charge in [0, 0.05) is 14.2 Å². The van der Waals surface area contributed by atoms with Crippen molar-refractivity contribution in [3.63, 3.8) is 0 Å². The van der Waals surface area contributed by atoms with Crippen LogP contribution >= 0.6 is 0 Å². The quantitative estimate of drug-likeness (QED) is 0.502. The number of alkyl halides is 1. The number of methoxy groups -OCH3 is 1. The van der Waals surface area contributed by atoms with Gasteiger partial charge >= 0.3 is 0 Å². The van der Waals surface area contributed by atoms with E-state index in [4.69, 9.17) is 0 Å². The highest BCUT2D eigenvalue weighted by atomic mass is 19.1. The van der Waals surface area contributed by atoms with Gasteiger partial charge in [-0.3, -0.25) is 4.39 Å². The monoisotopic (exact) mass is 140 g/mol. The molecule has 0 aromatic rings. The Morgan fingerprint density at radius 3 is 0.778 bits per heavy atom. The molecule has 2 heteroatoms. The molecule has 62 valence electrons. The molecule has 9 heavy (non-hydrogen) atoms. The molecule has 0 unspecified atom stereocenters. The molecule has 0 aliphatic carbocycles. The molecule has 0 fully saturated rings. The first-order valence-electron chi connectivity index (χ1n) is 3.19. The van der Waals surface area contributed by atoms with Crippen LogP contribution in [0.3, 0.4) is 0 Å². The molecule has 0 aromatic carbocycles. The van der Waals surface area contributed by atoms with E-state index in [-0.39, 0.29) is 0 Å². The van der Waals surface area contributed by atoms with Crippen LogP contribution in [0, 0.1) is 0 Å². The van der Waals surface area contributed by atoms with Gasteiger partial charge in [-0.05, 0) is 0 Å². The molecular weight excluding hydrogens is 119 g/mol. The molecule has 0 heterocycles. The minimum atomic E-state index is 0.500. The highest BCUT2D eigenvalue weighted by molar-refractivity contribution is 3.56. The van der Waals surface area contributed by atoms with Crippen molar-refractivity contribution in [1.29, 1.82) is 0 Å². The normalized spacial score (nSPS) is 4.00. The maximum Gasteiger partial charge on any atom is 0.0785 e. The van der Waals surface area contributed by atoms with Gasteiger partial charge in [-0.15, -0.1) is 0 Å². The Balaban J connectivity index is -0.0000000190. The van der Waals surface area contributed by atoms with E-state index in [0.29, 0.717) is 7.18 Å². The summed E-state index contributed by atoms with van der Waals surface area (Å²) in [6, 6.07) is 0. The van der Waals surface area contributed by atoms with E-state index in [1.807, 2.05) is 27.7 Å². The van der Waals surface area contributed by atoms with Crippen molar-refractivity contribution in [3.8, 4) is 0 Å². The van der Waals surface area contributed by atoms with Gasteiger partial charge in [0.05, 0.1) is 7.18 Å². The lowest BCUT2D eigenvalue weighted by atomic mass is 11.0. The van der Waals surface area contributed by atoms with Crippen LogP contribution < -0.4 is 0 Å². The number of rotatable bonds is 0. The Labute approximate surface area is 59.2 Å². The van der Waals surface area contributed by atoms with Crippen molar-refractivity contribution < 1.29 is 9.13 Å². The fourth-order valence-corrected chi connectivity index (χ4v) is 0. The summed E-state index contributed by atoms with van der Waals surface area (Å²) in [6.07, 6.45) is 0. The Bertz CT molecular complexity index is 8.88. The van der Waals surface area contributed by atoms with Gasteiger partial charge in [-0.2, -0.15) is 0 Å². The lowest BCUT2D eigenvalue weighted by Crippen LogP contribution is -1.55. The lowest BCUT2D eigenvalue weighted by molar-refractivity contribution is 0.277. The Morgan fingerprint density at radius 2 is 0.778 bits per heavy atom. The minimum Gasteiger partial charge on any atom is -0.388 e. The summed E-state index contributed by atoms with van der Waals surface area (Å²) in [7, 11) is 3.75. The van der Waals surface area contributed by atoms with Gasteiger partial charge in [-0.1, -0.05) is 27.7 Å². The second-order valence-corrected chi connectivity index (χ2v) is 0.408. The molecule has 1 nitrogen and oxygen atoms in total. The summed E-state index contributed by atoms with van der Waals surface area (Å²) in [5.41, 5.74) is 0. The predicted molar refractivity (Wildman–Crippen MR) is 42.7 cm³/mol. The zero-order valence-corrected chi connectivity index (χ0v) is 7.79. The van der Waals surface area contributed by atoms with Crippen molar-refractivity contribution in [2.75, 3.05) is 21.4 Å². The summed E-state index contributed by atoms with van der Waals surface area (Å²) in [6.45, 7) is 8.00. The molecule has 0 aromatic heterocycles. The van der Waals surface area contributed by atoms with Crippen molar-refractivity contribution in [2.45, 2.75) is 27.7 Å². The Hall–Kier alpha value is -0.110. The third kappa shape index (κ3) is 22600. The van der Waals surface area contributed by atoms with Gasteiger partial charge in [0.25, 0.3) is 0 Å². The first-order valence-corrected chi connectivity index (χ1v) is 3.19. The van der Waals surface area contributed by atoms with Crippen molar-refractivity contribution in [3.05, 3.63) is 0 Å². The van der Waals surface area contributed by atoms with Crippen LogP contribution in [0.4, 0.5) is 4.39 Å². The average Bonchev–Trinajstić information content (AvgIpc) is 2.01. The molecule has 0 aliphatic heterocycles. The van der Waals surface area contributed by atoms with Gasteiger partial charge in [-0.25, -0.2) is 0 Å². The van der Waals surface area contributed by atoms with E-state index in [1.165, 1.54) is 0 Å². The molecular formula is C7H21FO. The molecule has 0 aliphatic rings. The SMILES string of the molecule is CC.CC.CF.COC. The first kappa shape index (κ1) is 23.1. The maximum absolute atomic E-state index is 9.50. The second kappa shape index (κ2) is 473. The molecule has 0 amide bonds. The second-order valence-electron chi connectivity index (χ2n) is 0.408. The van der Waals surface area contributed by atoms with Gasteiger partial charge in [0.2, 0.25) is 0 Å². The Kier molecular flexibility index (Phi) is 1220. The molecule has 0 saturated carbocycles. The fraction of sp³-hybridized carbons (Fsp3) is 1.00. The van der Waals surface area contributed by atoms with Crippen LogP contribution in [0.5, 0.6) is 0 Å². The van der Waals surface area contributed by atoms with E-state index >= 15 is 0 Å². The average molecular weight is 140 g/mol. The smallest absolute Gasteiger partial charge is 0.0785 e. The molecule has 0 atom stereocenters. The molecule has 0 radical (unpaired) electrons. The van der Waals surface area contributed by atoms with Crippen molar-refractivity contribution in [1.82, 2.24) is 0 Å². The van der Waals surface area contributed by atoms with Crippen LogP contribution in [-0.2, 0) is 4.74 Å². The highest BCUT2D eigenvalue weighted by Crippen LogP contribution is 1.28. The van der Waals surface area contributed by atoms with Gasteiger partial charge in [0.1, 0.15) is 0 Å². The number of hydrogen-bond donors (Lipinski definition) is 0. The minimum absolute atomic E-state index is 0.500. The largest absolute Gasteiger partial charge is 0.388 e. The first-order chi connectivity index (χ1) is 4.41. The third-order valence-corrected chi connectivity index (χ3v) is 0. The van der Waals surface area contributed by atoms with Crippen molar-refractivity contribution in [2.24, 2.45) is 0 Å². The van der Waals surface area contributed by atoms with Crippen LogP contribution in [-0.4, -0.2) is 21.4 Å². The maximum atomic E-state index is 9.50. The lowest BCUT2D eigenvalue weighted by Gasteiger charge is -1.61. The summed E-state index contributed by atoms with van der Waals surface area (Å²) in [4.78, 5) is 0. The number of ether oxygens (including phenoxy) is 1. The third-order valence-electron chi connectivity index (χ3n) is 0. The fourth-order valence-electron chi connectivity index (χ4n) is 0. The van der Waals surface area contributed by atoms with Gasteiger partial charge < -0.3 is 4.74 Å². The molecule has 0 N–H and O–H groups in total. The van der Waals surface area contributed by atoms with Crippen LogP contribution in [0.15, 0.2) is 0 Å². The zero-order valence-electron chi connectivity index (χ0n) is 7.79. The summed E-state index contributed by atoms with van der Waals surface area (Å²) in [5, 5.41) is 0. The van der Waals surface area contributed by atoms with E-state index in [1.54, 1.807) is 14.2 Å². The molecule has 0 rings (SSSR count). The van der Waals surface area contributed by atoms with E-state index < -0.39 is 0 Å². The van der Waals surface area contributed by atoms with Crippen LogP contribution in [0.2, 0.25) is 0 Å². The van der Waals surface area contributed by atoms with Crippen LogP contribution in [0.1, 0.15) is 27.7 Å². The van der Waals surface area contributed by atoms with E-state index in [2.05, 4.69) is 4.74 Å². The predicted octanol–water partition coefficient (Wildman–Crippen LogP) is 2.90. The molecule has 0 saturated heterocycles. The summed E-state index contributed by atoms with van der Waals surface area (Å²) < 4.78 is 13.8. The van der Waals surface area contributed by atoms with E-state index in [0.717, 1.165) is 0 Å². The van der Waals surface area contributed by atoms with Crippen LogP contribution in [0.25, 0.3) is 0 Å². The summed E-state index contributed by atoms with van der Waals surface area (Å²) in [5.74, 6) is 0. The van der Waals surface area contributed by atoms with Crippen molar-refractivity contribution >= 4 is 0 Å². The topological polar surface area (TPSA) is 9.23 Å². The molecule has 0 spiro atoms. The van der Waals surface area contributed by atoms with E-state index in [9.17, 15) is 4.39 Å².